The van der Waals surface area contributed by atoms with Crippen LogP contribution in [0.5, 0.6) is 0 Å². The van der Waals surface area contributed by atoms with E-state index in [1.807, 2.05) is 12.4 Å². The summed E-state index contributed by atoms with van der Waals surface area (Å²) < 4.78 is 2.48. The molecule has 59 heavy (non-hydrogen) atoms. The number of rotatable bonds is 19. The quantitative estimate of drug-likeness (QED) is 0.0466. The van der Waals surface area contributed by atoms with Gasteiger partial charge in [-0.05, 0) is 109 Å². The van der Waals surface area contributed by atoms with E-state index < -0.39 is 0 Å². The molecule has 0 aliphatic carbocycles. The fourth-order valence-electron chi connectivity index (χ4n) is 8.47. The Balaban J connectivity index is 0.905. The lowest BCUT2D eigenvalue weighted by atomic mass is 9.94. The van der Waals surface area contributed by atoms with E-state index in [1.165, 1.54) is 70.0 Å². The molecule has 0 atom stereocenters. The molecule has 6 nitrogen and oxygen atoms in total. The Kier molecular flexibility index (Phi) is 13.1. The average Bonchev–Trinajstić information content (AvgIpc) is 3.60. The highest BCUT2D eigenvalue weighted by atomic mass is 15.5. The van der Waals surface area contributed by atoms with Crippen molar-refractivity contribution in [1.82, 2.24) is 4.57 Å². The van der Waals surface area contributed by atoms with Gasteiger partial charge in [0.15, 0.2) is 0 Å². The summed E-state index contributed by atoms with van der Waals surface area (Å²) in [5.74, 6) is 0. The Bertz CT molecular complexity index is 2480. The molecule has 0 radical (unpaired) electrons. The second-order valence-corrected chi connectivity index (χ2v) is 15.8. The first kappa shape index (κ1) is 39.7. The SMILES string of the molecule is CCCCN1c2ccccc2Cc2cc(C=NN(CCCCCCN(N=Cc3ccc4c(c3)c3ccccc3n4CCCC)c3ccccc3)c3ccccc3)ccc21. The van der Waals surface area contributed by atoms with Crippen LogP contribution in [0.25, 0.3) is 21.8 Å². The van der Waals surface area contributed by atoms with E-state index >= 15 is 0 Å². The molecule has 1 aliphatic heterocycles. The third kappa shape index (κ3) is 9.44. The number of para-hydroxylation sites is 4. The molecule has 0 spiro atoms. The molecule has 7 aromatic rings. The molecule has 0 bridgehead atoms. The van der Waals surface area contributed by atoms with Gasteiger partial charge in [-0.2, -0.15) is 10.2 Å². The van der Waals surface area contributed by atoms with Crippen molar-refractivity contribution in [1.29, 1.82) is 0 Å². The van der Waals surface area contributed by atoms with Crippen LogP contribution in [0.4, 0.5) is 22.7 Å². The molecule has 2 heterocycles. The normalized spacial score (nSPS) is 12.5. The second kappa shape index (κ2) is 19.5. The van der Waals surface area contributed by atoms with Crippen LogP contribution < -0.4 is 14.9 Å². The number of fused-ring (bicyclic) bond motifs is 5. The largest absolute Gasteiger partial charge is 0.341 e. The number of aryl methyl sites for hydroxylation is 1. The number of hydrogen-bond donors (Lipinski definition) is 0. The van der Waals surface area contributed by atoms with Crippen LogP contribution in [-0.2, 0) is 13.0 Å². The van der Waals surface area contributed by atoms with Crippen LogP contribution in [0.1, 0.15) is 87.5 Å². The van der Waals surface area contributed by atoms with Gasteiger partial charge in [0.05, 0.1) is 23.8 Å². The topological polar surface area (TPSA) is 39.4 Å². The minimum absolute atomic E-state index is 0.859. The maximum atomic E-state index is 5.08. The van der Waals surface area contributed by atoms with Crippen LogP contribution in [0.3, 0.4) is 0 Å². The molecule has 0 amide bonds. The van der Waals surface area contributed by atoms with Gasteiger partial charge < -0.3 is 9.47 Å². The third-order valence-electron chi connectivity index (χ3n) is 11.6. The van der Waals surface area contributed by atoms with Crippen molar-refractivity contribution in [3.63, 3.8) is 0 Å². The Hall–Kier alpha value is -6.14. The number of benzene rings is 6. The minimum Gasteiger partial charge on any atom is -0.341 e. The van der Waals surface area contributed by atoms with Gasteiger partial charge in [0.2, 0.25) is 0 Å². The van der Waals surface area contributed by atoms with E-state index in [4.69, 9.17) is 10.2 Å². The number of anilines is 4. The predicted molar refractivity (Wildman–Crippen MR) is 253 cm³/mol. The Morgan fingerprint density at radius 3 is 1.75 bits per heavy atom. The summed E-state index contributed by atoms with van der Waals surface area (Å²) in [6.45, 7) is 8.32. The predicted octanol–water partition coefficient (Wildman–Crippen LogP) is 13.4. The number of aromatic nitrogens is 1. The molecule has 6 heteroatoms. The van der Waals surface area contributed by atoms with Gasteiger partial charge in [-0.15, -0.1) is 0 Å². The molecule has 1 aliphatic rings. The zero-order chi connectivity index (χ0) is 40.2. The monoisotopic (exact) mass is 778 g/mol. The van der Waals surface area contributed by atoms with Gasteiger partial charge in [-0.3, -0.25) is 10.0 Å². The average molecular weight is 779 g/mol. The molecule has 8 rings (SSSR count). The first-order chi connectivity index (χ1) is 29.2. The van der Waals surface area contributed by atoms with Crippen LogP contribution in [-0.4, -0.2) is 36.6 Å². The second-order valence-electron chi connectivity index (χ2n) is 15.8. The summed E-state index contributed by atoms with van der Waals surface area (Å²) in [4.78, 5) is 2.51. The molecule has 0 N–H and O–H groups in total. The van der Waals surface area contributed by atoms with Gasteiger partial charge in [-0.1, -0.05) is 124 Å². The highest BCUT2D eigenvalue weighted by Gasteiger charge is 2.22. The van der Waals surface area contributed by atoms with Crippen molar-refractivity contribution in [2.45, 2.75) is 78.2 Å². The first-order valence-corrected chi connectivity index (χ1v) is 21.9. The zero-order valence-corrected chi connectivity index (χ0v) is 34.9. The molecule has 6 aromatic carbocycles. The minimum atomic E-state index is 0.859. The fraction of sp³-hybridized carbons (Fsp3) is 0.283. The highest BCUT2D eigenvalue weighted by Crippen LogP contribution is 2.39. The lowest BCUT2D eigenvalue weighted by molar-refractivity contribution is 0.622. The standard InChI is InChI=1S/C53H58N6/c1-3-5-33-56-50-27-17-15-21-44(50)39-45-37-42(29-31-51(45)56)40-54-58(46-22-11-9-12-23-46)35-19-7-8-20-36-59(47-24-13-10-14-25-47)55-41-43-30-32-53-49(38-43)48-26-16-18-28-52(48)57(53)34-6-4-2/h9-18,21-32,37-38,40-41H,3-8,19-20,33-36,39H2,1-2H3. The van der Waals surface area contributed by atoms with Crippen molar-refractivity contribution in [3.8, 4) is 0 Å². The van der Waals surface area contributed by atoms with E-state index in [-0.39, 0.29) is 0 Å². The Morgan fingerprint density at radius 1 is 0.492 bits per heavy atom. The van der Waals surface area contributed by atoms with Crippen molar-refractivity contribution < 1.29 is 0 Å². The van der Waals surface area contributed by atoms with Crippen molar-refractivity contribution in [2.75, 3.05) is 34.6 Å². The molecule has 0 unspecified atom stereocenters. The van der Waals surface area contributed by atoms with Crippen molar-refractivity contribution >= 4 is 57.0 Å². The van der Waals surface area contributed by atoms with Gasteiger partial charge in [0, 0.05) is 65.8 Å². The van der Waals surface area contributed by atoms with E-state index in [0.717, 1.165) is 80.8 Å². The lowest BCUT2D eigenvalue weighted by Gasteiger charge is -2.33. The van der Waals surface area contributed by atoms with Crippen LogP contribution in [0, 0.1) is 0 Å². The summed E-state index contributed by atoms with van der Waals surface area (Å²) in [5, 5.41) is 17.1. The Labute approximate surface area is 351 Å². The van der Waals surface area contributed by atoms with E-state index in [9.17, 15) is 0 Å². The molecule has 0 fully saturated rings. The third-order valence-corrected chi connectivity index (χ3v) is 11.6. The fourth-order valence-corrected chi connectivity index (χ4v) is 8.47. The lowest BCUT2D eigenvalue weighted by Crippen LogP contribution is -2.24. The summed E-state index contributed by atoms with van der Waals surface area (Å²) in [7, 11) is 0. The van der Waals surface area contributed by atoms with Crippen LogP contribution in [0.2, 0.25) is 0 Å². The highest BCUT2D eigenvalue weighted by molar-refractivity contribution is 6.09. The van der Waals surface area contributed by atoms with Gasteiger partial charge in [0.1, 0.15) is 0 Å². The van der Waals surface area contributed by atoms with Gasteiger partial charge >= 0.3 is 0 Å². The summed E-state index contributed by atoms with van der Waals surface area (Å²) >= 11 is 0. The molecular formula is C53H58N6. The summed E-state index contributed by atoms with van der Waals surface area (Å²) in [6, 6.07) is 52.5. The smallest absolute Gasteiger partial charge is 0.0593 e. The van der Waals surface area contributed by atoms with Crippen molar-refractivity contribution in [2.24, 2.45) is 10.2 Å². The number of nitrogens with zero attached hydrogens (tertiary/aromatic N) is 6. The maximum Gasteiger partial charge on any atom is 0.0593 e. The van der Waals surface area contributed by atoms with Crippen LogP contribution >= 0.6 is 0 Å². The molecule has 0 saturated carbocycles. The van der Waals surface area contributed by atoms with E-state index in [2.05, 4.69) is 179 Å². The summed E-state index contributed by atoms with van der Waals surface area (Å²) in [6.07, 6.45) is 14.1. The summed E-state index contributed by atoms with van der Waals surface area (Å²) in [5.41, 5.74) is 12.5. The zero-order valence-electron chi connectivity index (χ0n) is 34.9. The molecular weight excluding hydrogens is 721 g/mol. The van der Waals surface area contributed by atoms with E-state index in [1.54, 1.807) is 0 Å². The number of hydrogen-bond acceptors (Lipinski definition) is 5. The number of hydrazone groups is 2. The Morgan fingerprint density at radius 2 is 1.05 bits per heavy atom. The van der Waals surface area contributed by atoms with Gasteiger partial charge in [0.25, 0.3) is 0 Å². The van der Waals surface area contributed by atoms with Crippen LogP contribution in [0.15, 0.2) is 156 Å². The first-order valence-electron chi connectivity index (χ1n) is 21.9. The molecule has 0 saturated heterocycles. The molecule has 1 aromatic heterocycles. The maximum absolute atomic E-state index is 5.08. The molecule has 300 valence electrons. The van der Waals surface area contributed by atoms with E-state index in [0.29, 0.717) is 0 Å². The van der Waals surface area contributed by atoms with Crippen molar-refractivity contribution in [3.05, 3.63) is 168 Å². The van der Waals surface area contributed by atoms with Gasteiger partial charge in [-0.25, -0.2) is 0 Å². The number of unbranched alkanes of at least 4 members (excludes halogenated alkanes) is 5.